The first kappa shape index (κ1) is 19.2. The van der Waals surface area contributed by atoms with Crippen LogP contribution in [0.15, 0.2) is 42.5 Å². The second kappa shape index (κ2) is 8.11. The van der Waals surface area contributed by atoms with Gasteiger partial charge in [0.2, 0.25) is 0 Å². The van der Waals surface area contributed by atoms with Gasteiger partial charge in [-0.2, -0.15) is 0 Å². The average Bonchev–Trinajstić information content (AvgIpc) is 2.54. The van der Waals surface area contributed by atoms with Gasteiger partial charge in [0.05, 0.1) is 22.3 Å². The summed E-state index contributed by atoms with van der Waals surface area (Å²) in [6, 6.07) is 7.96. The molecule has 0 aliphatic heterocycles. The van der Waals surface area contributed by atoms with Crippen molar-refractivity contribution < 1.29 is 44.7 Å². The van der Waals surface area contributed by atoms with Crippen molar-refractivity contribution in [2.45, 2.75) is 0 Å². The quantitative estimate of drug-likeness (QED) is 0.553. The zero-order valence-electron chi connectivity index (χ0n) is 12.4. The van der Waals surface area contributed by atoms with E-state index in [0.717, 1.165) is 18.2 Å². The Morgan fingerprint density at radius 1 is 0.520 bits per heavy atom. The molecule has 0 fully saturated rings. The number of phenolic OH excluding ortho intramolecular Hbond substituents is 1. The molecule has 0 atom stereocenters. The summed E-state index contributed by atoms with van der Waals surface area (Å²) in [4.78, 5) is 41.5. The van der Waals surface area contributed by atoms with Crippen molar-refractivity contribution in [2.24, 2.45) is 0 Å². The number of hydrogen-bond acceptors (Lipinski definition) is 5. The summed E-state index contributed by atoms with van der Waals surface area (Å²) >= 11 is 0. The van der Waals surface area contributed by atoms with Gasteiger partial charge in [-0.1, -0.05) is 0 Å². The van der Waals surface area contributed by atoms with Gasteiger partial charge < -0.3 is 25.5 Å². The molecule has 0 aliphatic carbocycles. The number of carbonyl (C=O) groups is 4. The van der Waals surface area contributed by atoms with E-state index in [1.165, 1.54) is 24.3 Å². The lowest BCUT2D eigenvalue weighted by Crippen LogP contribution is -2.01. The maximum Gasteiger partial charge on any atom is 0.335 e. The molecule has 2 aromatic carbocycles. The van der Waals surface area contributed by atoms with Gasteiger partial charge in [-0.15, -0.1) is 0 Å². The van der Waals surface area contributed by atoms with Crippen molar-refractivity contribution in [3.63, 3.8) is 0 Å². The second-order valence-electron chi connectivity index (χ2n) is 4.57. The minimum Gasteiger partial charge on any atom is -0.508 e. The van der Waals surface area contributed by atoms with Gasteiger partial charge in [-0.25, -0.2) is 19.2 Å². The first-order chi connectivity index (χ1) is 11.6. The highest BCUT2D eigenvalue weighted by Crippen LogP contribution is 2.15. The fourth-order valence-corrected chi connectivity index (χ4v) is 1.61. The minimum atomic E-state index is -1.28. The molecule has 0 saturated carbocycles. The average molecular weight is 348 g/mol. The van der Waals surface area contributed by atoms with Gasteiger partial charge in [0.15, 0.2) is 0 Å². The van der Waals surface area contributed by atoms with E-state index >= 15 is 0 Å². The van der Waals surface area contributed by atoms with Crippen LogP contribution in [0.3, 0.4) is 0 Å². The normalized spacial score (nSPS) is 9.44. The van der Waals surface area contributed by atoms with E-state index in [1.54, 1.807) is 0 Å². The number of carboxylic acid groups (broad SMARTS) is 4. The topological polar surface area (TPSA) is 169 Å². The molecule has 0 aromatic heterocycles. The fourth-order valence-electron chi connectivity index (χ4n) is 1.61. The first-order valence-corrected chi connectivity index (χ1v) is 6.49. The summed E-state index contributed by atoms with van der Waals surface area (Å²) in [5.41, 5.74) is -0.338. The summed E-state index contributed by atoms with van der Waals surface area (Å²) in [5, 5.41) is 42.9. The molecule has 2 aromatic rings. The molecular formula is C16H12O9. The molecule has 0 amide bonds. The van der Waals surface area contributed by atoms with Crippen LogP contribution in [0.1, 0.15) is 41.4 Å². The molecule has 9 nitrogen and oxygen atoms in total. The Bertz CT molecular complexity index is 757. The predicted molar refractivity (Wildman–Crippen MR) is 82.4 cm³/mol. The molecule has 0 heterocycles. The number of benzene rings is 2. The minimum absolute atomic E-state index is 0.0833. The summed E-state index contributed by atoms with van der Waals surface area (Å²) in [5.74, 6) is -5.06. The van der Waals surface area contributed by atoms with Gasteiger partial charge in [0.1, 0.15) is 5.75 Å². The van der Waals surface area contributed by atoms with Crippen LogP contribution in [0, 0.1) is 0 Å². The Hall–Kier alpha value is -3.88. The molecular weight excluding hydrogens is 336 g/mol. The molecule has 2 rings (SSSR count). The van der Waals surface area contributed by atoms with Crippen molar-refractivity contribution in [3.8, 4) is 5.75 Å². The van der Waals surface area contributed by atoms with Crippen molar-refractivity contribution >= 4 is 23.9 Å². The summed E-state index contributed by atoms with van der Waals surface area (Å²) in [6.45, 7) is 0. The Kier molecular flexibility index (Phi) is 6.22. The number of rotatable bonds is 4. The SMILES string of the molecule is O=C(O)c1cc(O)cc(C(=O)O)c1.O=C(O)c1ccc(C(=O)O)cc1. The molecule has 0 unspecified atom stereocenters. The van der Waals surface area contributed by atoms with Crippen LogP contribution < -0.4 is 0 Å². The van der Waals surface area contributed by atoms with E-state index in [4.69, 9.17) is 25.5 Å². The van der Waals surface area contributed by atoms with Crippen molar-refractivity contribution in [2.75, 3.05) is 0 Å². The zero-order valence-corrected chi connectivity index (χ0v) is 12.4. The maximum absolute atomic E-state index is 10.4. The Morgan fingerprint density at radius 2 is 0.800 bits per heavy atom. The third-order valence-electron chi connectivity index (χ3n) is 2.79. The third-order valence-corrected chi connectivity index (χ3v) is 2.79. The van der Waals surface area contributed by atoms with Crippen molar-refractivity contribution in [1.82, 2.24) is 0 Å². The highest BCUT2D eigenvalue weighted by atomic mass is 16.4. The van der Waals surface area contributed by atoms with Crippen LogP contribution in [0.4, 0.5) is 0 Å². The maximum atomic E-state index is 10.4. The fraction of sp³-hybridized carbons (Fsp3) is 0. The lowest BCUT2D eigenvalue weighted by Gasteiger charge is -1.98. The second-order valence-corrected chi connectivity index (χ2v) is 4.57. The molecule has 25 heavy (non-hydrogen) atoms. The molecule has 0 spiro atoms. The standard InChI is InChI=1S/C8H6O5.C8H6O4/c9-6-2-4(7(10)11)1-5(3-6)8(12)13;9-7(10)5-1-2-6(4-3-5)8(11)12/h1-3,9H,(H,10,11)(H,12,13);1-4H,(H,9,10)(H,11,12). The molecule has 0 bridgehead atoms. The molecule has 0 aliphatic rings. The van der Waals surface area contributed by atoms with E-state index < -0.39 is 23.9 Å². The number of hydrogen-bond donors (Lipinski definition) is 5. The summed E-state index contributed by atoms with van der Waals surface area (Å²) in [6.07, 6.45) is 0. The summed E-state index contributed by atoms with van der Waals surface area (Å²) < 4.78 is 0. The monoisotopic (exact) mass is 348 g/mol. The number of phenols is 1. The van der Waals surface area contributed by atoms with Crippen LogP contribution in [-0.4, -0.2) is 49.4 Å². The molecule has 130 valence electrons. The number of carboxylic acids is 4. The molecule has 0 radical (unpaired) electrons. The highest BCUT2D eigenvalue weighted by Gasteiger charge is 2.10. The smallest absolute Gasteiger partial charge is 0.335 e. The highest BCUT2D eigenvalue weighted by molar-refractivity contribution is 5.94. The van der Waals surface area contributed by atoms with E-state index in [2.05, 4.69) is 0 Å². The number of aromatic hydroxyl groups is 1. The van der Waals surface area contributed by atoms with Gasteiger partial charge in [0.25, 0.3) is 0 Å². The lowest BCUT2D eigenvalue weighted by atomic mass is 10.1. The van der Waals surface area contributed by atoms with Gasteiger partial charge in [-0.3, -0.25) is 0 Å². The zero-order chi connectivity index (χ0) is 19.1. The van der Waals surface area contributed by atoms with Crippen molar-refractivity contribution in [1.29, 1.82) is 0 Å². The van der Waals surface area contributed by atoms with E-state index in [-0.39, 0.29) is 28.0 Å². The van der Waals surface area contributed by atoms with Gasteiger partial charge in [0, 0.05) is 0 Å². The van der Waals surface area contributed by atoms with E-state index in [1.807, 2.05) is 0 Å². The van der Waals surface area contributed by atoms with Gasteiger partial charge >= 0.3 is 23.9 Å². The molecule has 5 N–H and O–H groups in total. The van der Waals surface area contributed by atoms with Crippen molar-refractivity contribution in [3.05, 3.63) is 64.7 Å². The number of aromatic carboxylic acids is 4. The Morgan fingerprint density at radius 3 is 1.04 bits per heavy atom. The molecule has 0 saturated heterocycles. The predicted octanol–water partition coefficient (Wildman–Crippen LogP) is 1.87. The first-order valence-electron chi connectivity index (χ1n) is 6.49. The van der Waals surface area contributed by atoms with Gasteiger partial charge in [-0.05, 0) is 42.5 Å². The molecule has 9 heteroatoms. The lowest BCUT2D eigenvalue weighted by molar-refractivity contribution is 0.0681. The largest absolute Gasteiger partial charge is 0.508 e. The van der Waals surface area contributed by atoms with E-state index in [9.17, 15) is 19.2 Å². The summed E-state index contributed by atoms with van der Waals surface area (Å²) in [7, 11) is 0. The van der Waals surface area contributed by atoms with Crippen LogP contribution in [0.25, 0.3) is 0 Å². The van der Waals surface area contributed by atoms with Crippen LogP contribution >= 0.6 is 0 Å². The Balaban J connectivity index is 0.000000251. The van der Waals surface area contributed by atoms with Crippen LogP contribution in [-0.2, 0) is 0 Å². The Labute approximate surface area is 140 Å². The van der Waals surface area contributed by atoms with Crippen LogP contribution in [0.5, 0.6) is 5.75 Å². The third kappa shape index (κ3) is 5.67. The van der Waals surface area contributed by atoms with E-state index in [0.29, 0.717) is 0 Å². The van der Waals surface area contributed by atoms with Crippen LogP contribution in [0.2, 0.25) is 0 Å².